The van der Waals surface area contributed by atoms with Crippen molar-refractivity contribution in [2.45, 2.75) is 19.6 Å². The maximum absolute atomic E-state index is 13.0. The molecule has 8 nitrogen and oxygen atoms in total. The van der Waals surface area contributed by atoms with Crippen LogP contribution in [0.25, 0.3) is 22.4 Å². The van der Waals surface area contributed by atoms with E-state index in [0.29, 0.717) is 16.8 Å². The van der Waals surface area contributed by atoms with Crippen LogP contribution in [0.15, 0.2) is 77.9 Å². The van der Waals surface area contributed by atoms with E-state index >= 15 is 0 Å². The van der Waals surface area contributed by atoms with Crippen LogP contribution in [-0.4, -0.2) is 21.2 Å². The Balaban J connectivity index is 0.000000369. The monoisotopic (exact) mass is 584 g/mol. The number of Topliss-reactive ketones (excluding diaryl/α,β-unsaturated/α-hetero) is 1. The number of halogens is 3. The van der Waals surface area contributed by atoms with Crippen molar-refractivity contribution >= 4 is 39.7 Å². The summed E-state index contributed by atoms with van der Waals surface area (Å²) in [5.74, 6) is -0.791. The molecular weight excluding hydrogens is 564 g/mol. The molecular formula is C25H20F3N5O3Y-2. The number of benzene rings is 3. The Hall–Kier alpha value is -3.57. The van der Waals surface area contributed by atoms with E-state index in [9.17, 15) is 27.6 Å². The van der Waals surface area contributed by atoms with Crippen LogP contribution < -0.4 is 10.9 Å². The number of hydrogen-bond acceptors (Lipinski definition) is 4. The second-order valence-electron chi connectivity index (χ2n) is 7.64. The summed E-state index contributed by atoms with van der Waals surface area (Å²) in [5.41, 5.74) is 14.3. The van der Waals surface area contributed by atoms with Crippen LogP contribution in [0.5, 0.6) is 0 Å². The van der Waals surface area contributed by atoms with Crippen LogP contribution in [0.3, 0.4) is 0 Å². The summed E-state index contributed by atoms with van der Waals surface area (Å²) in [6, 6.07) is 15.5. The average molecular weight is 584 g/mol. The number of anilines is 1. The zero-order valence-electron chi connectivity index (χ0n) is 19.5. The maximum atomic E-state index is 13.0. The predicted molar refractivity (Wildman–Crippen MR) is 130 cm³/mol. The Kier molecular flexibility index (Phi) is 10.1. The van der Waals surface area contributed by atoms with Crippen LogP contribution in [0, 0.1) is 0 Å². The van der Waals surface area contributed by atoms with Crippen LogP contribution in [0.1, 0.15) is 22.8 Å². The molecule has 1 heterocycles. The van der Waals surface area contributed by atoms with Gasteiger partial charge in [-0.05, 0) is 25.1 Å². The maximum Gasteiger partial charge on any atom is 0.418 e. The molecule has 0 bridgehead atoms. The van der Waals surface area contributed by atoms with Gasteiger partial charge in [-0.1, -0.05) is 48.5 Å². The van der Waals surface area contributed by atoms with E-state index in [4.69, 9.17) is 11.5 Å². The van der Waals surface area contributed by atoms with E-state index in [1.807, 2.05) is 0 Å². The number of ketones is 1. The molecule has 37 heavy (non-hydrogen) atoms. The summed E-state index contributed by atoms with van der Waals surface area (Å²) in [5, 5.41) is 2.32. The Labute approximate surface area is 234 Å². The Morgan fingerprint density at radius 3 is 2.27 bits per heavy atom. The van der Waals surface area contributed by atoms with Gasteiger partial charge in [0.15, 0.2) is 5.78 Å². The van der Waals surface area contributed by atoms with Crippen molar-refractivity contribution in [3.8, 4) is 0 Å². The summed E-state index contributed by atoms with van der Waals surface area (Å²) >= 11 is 0. The molecule has 0 unspecified atom stereocenters. The van der Waals surface area contributed by atoms with Crippen molar-refractivity contribution in [3.05, 3.63) is 106 Å². The molecule has 3 N–H and O–H groups in total. The fraction of sp³-hybridized carbons (Fsp3) is 0.120. The Morgan fingerprint density at radius 1 is 0.973 bits per heavy atom. The molecule has 4 aromatic rings. The van der Waals surface area contributed by atoms with Gasteiger partial charge >= 0.3 is 6.18 Å². The molecule has 1 aromatic heterocycles. The number of fused-ring (bicyclic) bond motifs is 1. The number of carbonyl (C=O) groups is 2. The quantitative estimate of drug-likeness (QED) is 0.282. The van der Waals surface area contributed by atoms with Gasteiger partial charge in [-0.2, -0.15) is 13.2 Å². The molecule has 0 atom stereocenters. The van der Waals surface area contributed by atoms with Crippen molar-refractivity contribution in [3.63, 3.8) is 0 Å². The Morgan fingerprint density at radius 2 is 1.65 bits per heavy atom. The first kappa shape index (κ1) is 29.7. The number of amides is 1. The minimum Gasteiger partial charge on any atom is -0.699 e. The van der Waals surface area contributed by atoms with Gasteiger partial charge in [0.05, 0.1) is 28.5 Å². The first-order valence-electron chi connectivity index (χ1n) is 10.4. The minimum absolute atomic E-state index is 0. The third-order valence-corrected chi connectivity index (χ3v) is 4.91. The van der Waals surface area contributed by atoms with Gasteiger partial charge in [0, 0.05) is 38.3 Å². The predicted octanol–water partition coefficient (Wildman–Crippen LogP) is 6.31. The SMILES string of the molecule is CC(=O)c1cccc([NH-])c1.[NH-]c1ccc2ncn(CC(=O)Nc3ccccc3C(F)(F)F)c(=O)c2c1.[Y]. The van der Waals surface area contributed by atoms with E-state index in [-0.39, 0.29) is 55.3 Å². The third kappa shape index (κ3) is 7.96. The smallest absolute Gasteiger partial charge is 0.418 e. The van der Waals surface area contributed by atoms with Crippen molar-refractivity contribution in [2.24, 2.45) is 0 Å². The molecule has 0 aliphatic carbocycles. The molecule has 1 amide bonds. The van der Waals surface area contributed by atoms with Gasteiger partial charge in [-0.25, -0.2) is 4.98 Å². The number of alkyl halides is 3. The molecule has 4 rings (SSSR count). The number of nitrogens with zero attached hydrogens (tertiary/aromatic N) is 2. The van der Waals surface area contributed by atoms with Gasteiger partial charge in [0.25, 0.3) is 5.56 Å². The fourth-order valence-corrected chi connectivity index (χ4v) is 3.19. The normalized spacial score (nSPS) is 10.6. The van der Waals surface area contributed by atoms with Gasteiger partial charge in [-0.15, -0.1) is 11.4 Å². The largest absolute Gasteiger partial charge is 0.699 e. The molecule has 0 saturated heterocycles. The molecule has 0 aliphatic heterocycles. The molecule has 0 aliphatic rings. The number of aromatic nitrogens is 2. The first-order valence-corrected chi connectivity index (χ1v) is 10.4. The van der Waals surface area contributed by atoms with E-state index in [0.717, 1.165) is 23.0 Å². The fourth-order valence-electron chi connectivity index (χ4n) is 3.19. The van der Waals surface area contributed by atoms with Crippen LogP contribution in [0.4, 0.5) is 30.2 Å². The summed E-state index contributed by atoms with van der Waals surface area (Å²) in [6.45, 7) is 0.991. The molecule has 0 fully saturated rings. The number of carbonyl (C=O) groups excluding carboxylic acids is 2. The summed E-state index contributed by atoms with van der Waals surface area (Å²) in [7, 11) is 0. The van der Waals surface area contributed by atoms with Gasteiger partial charge < -0.3 is 16.8 Å². The average Bonchev–Trinajstić information content (AvgIpc) is 2.81. The van der Waals surface area contributed by atoms with Gasteiger partial charge in [0.2, 0.25) is 5.91 Å². The van der Waals surface area contributed by atoms with Crippen LogP contribution in [-0.2, 0) is 50.2 Å². The van der Waals surface area contributed by atoms with Crippen molar-refractivity contribution in [2.75, 3.05) is 5.32 Å². The number of nitrogens with one attached hydrogen (secondary N) is 3. The number of rotatable bonds is 4. The van der Waals surface area contributed by atoms with E-state index < -0.39 is 29.8 Å². The second kappa shape index (κ2) is 12.6. The summed E-state index contributed by atoms with van der Waals surface area (Å²) in [6.07, 6.45) is -3.47. The third-order valence-electron chi connectivity index (χ3n) is 4.91. The van der Waals surface area contributed by atoms with Crippen molar-refractivity contribution in [1.82, 2.24) is 9.55 Å². The zero-order valence-corrected chi connectivity index (χ0v) is 22.3. The van der Waals surface area contributed by atoms with E-state index in [2.05, 4.69) is 10.3 Å². The zero-order chi connectivity index (χ0) is 26.5. The van der Waals surface area contributed by atoms with Gasteiger partial charge in [-0.3, -0.25) is 19.0 Å². The number of hydrogen-bond donors (Lipinski definition) is 1. The molecule has 1 radical (unpaired) electrons. The topological polar surface area (TPSA) is 129 Å². The summed E-state index contributed by atoms with van der Waals surface area (Å²) < 4.78 is 39.9. The number of para-hydroxylation sites is 1. The van der Waals surface area contributed by atoms with Crippen LogP contribution >= 0.6 is 0 Å². The molecule has 3 aromatic carbocycles. The first-order chi connectivity index (χ1) is 17.0. The van der Waals surface area contributed by atoms with E-state index in [1.165, 1.54) is 37.3 Å². The summed E-state index contributed by atoms with van der Waals surface area (Å²) in [4.78, 5) is 39.2. The van der Waals surface area contributed by atoms with Crippen molar-refractivity contribution in [1.29, 1.82) is 0 Å². The van der Waals surface area contributed by atoms with Crippen molar-refractivity contribution < 1.29 is 55.5 Å². The second-order valence-corrected chi connectivity index (χ2v) is 7.64. The Bertz CT molecular complexity index is 1490. The standard InChI is InChI=1S/C17H12F3N4O2.C8H8NO.Y/c18-17(19,20)12-3-1-2-4-14(12)23-15(25)8-24-9-22-13-6-5-10(21)7-11(13)16(24)26;1-6(10)7-3-2-4-8(9)5-7;/h1-7,9,21H,8H2,(H,23,25);2-5,9H,1H3;/q2*-1;. The minimum atomic E-state index is -4.62. The molecule has 12 heteroatoms. The van der Waals surface area contributed by atoms with E-state index in [1.54, 1.807) is 24.3 Å². The van der Waals surface area contributed by atoms with Gasteiger partial charge in [0.1, 0.15) is 6.54 Å². The molecule has 0 spiro atoms. The molecule has 0 saturated carbocycles. The van der Waals surface area contributed by atoms with Crippen LogP contribution in [0.2, 0.25) is 0 Å². The molecule has 189 valence electrons.